The van der Waals surface area contributed by atoms with E-state index in [1.165, 1.54) is 12.1 Å². The van der Waals surface area contributed by atoms with Crippen LogP contribution in [0.2, 0.25) is 5.02 Å². The number of hydrogen-bond donors (Lipinski definition) is 1. The van der Waals surface area contributed by atoms with E-state index in [0.29, 0.717) is 18.7 Å². The molecular weight excluding hydrogens is 294 g/mol. The minimum Gasteiger partial charge on any atom is -0.337 e. The molecule has 7 heteroatoms. The van der Waals surface area contributed by atoms with Crippen LogP contribution in [-0.2, 0) is 11.1 Å². The molecule has 1 saturated heterocycles. The summed E-state index contributed by atoms with van der Waals surface area (Å²) >= 11 is 5.44. The van der Waals surface area contributed by atoms with Crippen molar-refractivity contribution >= 4 is 40.4 Å². The number of hydrogen-bond acceptors (Lipinski definition) is 3. The lowest BCUT2D eigenvalue weighted by atomic mass is 10.2. The van der Waals surface area contributed by atoms with Crippen LogP contribution < -0.4 is 0 Å². The minimum atomic E-state index is -2.18. The molecule has 4 nitrogen and oxygen atoms in total. The maximum absolute atomic E-state index is 12.2. The molecule has 18 heavy (non-hydrogen) atoms. The second-order valence-corrected chi connectivity index (χ2v) is 6.37. The van der Waals surface area contributed by atoms with Crippen molar-refractivity contribution in [3.05, 3.63) is 28.8 Å². The van der Waals surface area contributed by atoms with E-state index in [1.807, 2.05) is 11.8 Å². The first kappa shape index (κ1) is 13.9. The predicted molar refractivity (Wildman–Crippen MR) is 73.7 cm³/mol. The van der Waals surface area contributed by atoms with Crippen molar-refractivity contribution in [2.24, 2.45) is 0 Å². The van der Waals surface area contributed by atoms with Gasteiger partial charge in [0.15, 0.2) is 11.1 Å². The maximum atomic E-state index is 12.2. The summed E-state index contributed by atoms with van der Waals surface area (Å²) in [6, 6.07) is 4.46. The van der Waals surface area contributed by atoms with E-state index in [0.717, 1.165) is 11.5 Å². The van der Waals surface area contributed by atoms with Crippen LogP contribution in [0, 0.1) is 0 Å². The van der Waals surface area contributed by atoms with Gasteiger partial charge in [0.05, 0.1) is 9.92 Å². The van der Waals surface area contributed by atoms with Gasteiger partial charge in [-0.25, -0.2) is 4.21 Å². The van der Waals surface area contributed by atoms with Crippen LogP contribution in [0.5, 0.6) is 0 Å². The Bertz CT molecular complexity index is 489. The number of benzene rings is 1. The summed E-state index contributed by atoms with van der Waals surface area (Å²) < 4.78 is 20.2. The van der Waals surface area contributed by atoms with Crippen molar-refractivity contribution in [3.63, 3.8) is 0 Å². The SMILES string of the molecule is O=C(c1ccc(Cl)c(S(=O)O)c1)N1CCSCC1. The lowest BCUT2D eigenvalue weighted by molar-refractivity contribution is 0.0772. The Balaban J connectivity index is 2.24. The number of halogens is 1. The number of carbonyl (C=O) groups excluding carboxylic acids is 1. The highest BCUT2D eigenvalue weighted by Gasteiger charge is 2.20. The molecule has 2 rings (SSSR count). The molecule has 1 aromatic carbocycles. The Morgan fingerprint density at radius 2 is 2.06 bits per heavy atom. The lowest BCUT2D eigenvalue weighted by Gasteiger charge is -2.26. The summed E-state index contributed by atoms with van der Waals surface area (Å²) in [5.74, 6) is 1.75. The van der Waals surface area contributed by atoms with Crippen LogP contribution in [0.3, 0.4) is 0 Å². The zero-order chi connectivity index (χ0) is 13.1. The van der Waals surface area contributed by atoms with Gasteiger partial charge < -0.3 is 9.45 Å². The highest BCUT2D eigenvalue weighted by Crippen LogP contribution is 2.22. The Morgan fingerprint density at radius 3 is 2.67 bits per heavy atom. The minimum absolute atomic E-state index is 0.0777. The van der Waals surface area contributed by atoms with Crippen LogP contribution in [0.4, 0.5) is 0 Å². The molecule has 0 aliphatic carbocycles. The predicted octanol–water partition coefficient (Wildman–Crippen LogP) is 2.11. The molecule has 0 aromatic heterocycles. The van der Waals surface area contributed by atoms with Gasteiger partial charge in [0.25, 0.3) is 5.91 Å². The van der Waals surface area contributed by atoms with Gasteiger partial charge in [-0.1, -0.05) is 11.6 Å². The highest BCUT2D eigenvalue weighted by molar-refractivity contribution is 7.99. The number of carbonyl (C=O) groups is 1. The van der Waals surface area contributed by atoms with Gasteiger partial charge in [-0.05, 0) is 18.2 Å². The first-order valence-electron chi connectivity index (χ1n) is 5.37. The van der Waals surface area contributed by atoms with E-state index >= 15 is 0 Å². The summed E-state index contributed by atoms with van der Waals surface area (Å²) in [6.45, 7) is 1.42. The Labute approximate surface area is 117 Å². The molecular formula is C11H12ClNO3S2. The molecule has 1 unspecified atom stereocenters. The third-order valence-corrected chi connectivity index (χ3v) is 4.76. The Kier molecular flexibility index (Phi) is 4.66. The Hall–Kier alpha value is -0.560. The number of amides is 1. The normalized spacial score (nSPS) is 17.6. The smallest absolute Gasteiger partial charge is 0.253 e. The fourth-order valence-corrected chi connectivity index (χ4v) is 3.40. The second kappa shape index (κ2) is 6.06. The molecule has 1 atom stereocenters. The standard InChI is InChI=1S/C11H12ClNO3S2/c12-9-2-1-8(7-10(9)18(15)16)11(14)13-3-5-17-6-4-13/h1-2,7H,3-6H2,(H,15,16). The van der Waals surface area contributed by atoms with Crippen LogP contribution in [0.1, 0.15) is 10.4 Å². The van der Waals surface area contributed by atoms with Crippen LogP contribution in [0.15, 0.2) is 23.1 Å². The fourth-order valence-electron chi connectivity index (χ4n) is 1.72. The number of thioether (sulfide) groups is 1. The Morgan fingerprint density at radius 1 is 1.39 bits per heavy atom. The molecule has 0 radical (unpaired) electrons. The van der Waals surface area contributed by atoms with Crippen molar-refractivity contribution in [1.82, 2.24) is 4.90 Å². The van der Waals surface area contributed by atoms with Gasteiger partial charge in [-0.2, -0.15) is 11.8 Å². The first-order valence-corrected chi connectivity index (χ1v) is 8.01. The second-order valence-electron chi connectivity index (χ2n) is 3.80. The quantitative estimate of drug-likeness (QED) is 0.850. The van der Waals surface area contributed by atoms with Gasteiger partial charge in [0.2, 0.25) is 0 Å². The molecule has 1 N–H and O–H groups in total. The van der Waals surface area contributed by atoms with E-state index in [1.54, 1.807) is 11.0 Å². The summed E-state index contributed by atoms with van der Waals surface area (Å²) in [4.78, 5) is 14.0. The molecule has 0 bridgehead atoms. The monoisotopic (exact) mass is 305 g/mol. The fraction of sp³-hybridized carbons (Fsp3) is 0.364. The van der Waals surface area contributed by atoms with E-state index < -0.39 is 11.1 Å². The zero-order valence-electron chi connectivity index (χ0n) is 9.47. The summed E-state index contributed by atoms with van der Waals surface area (Å²) in [7, 11) is 0. The molecule has 1 aliphatic rings. The van der Waals surface area contributed by atoms with E-state index in [9.17, 15) is 9.00 Å². The molecule has 0 saturated carbocycles. The highest BCUT2D eigenvalue weighted by atomic mass is 35.5. The summed E-state index contributed by atoms with van der Waals surface area (Å²) in [5, 5.41) is 0.196. The molecule has 1 aromatic rings. The first-order chi connectivity index (χ1) is 8.59. The van der Waals surface area contributed by atoms with Gasteiger partial charge >= 0.3 is 0 Å². The molecule has 1 aliphatic heterocycles. The molecule has 1 heterocycles. The van der Waals surface area contributed by atoms with Crippen LogP contribution >= 0.6 is 23.4 Å². The van der Waals surface area contributed by atoms with Crippen molar-refractivity contribution < 1.29 is 13.6 Å². The maximum Gasteiger partial charge on any atom is 0.253 e. The van der Waals surface area contributed by atoms with Gasteiger partial charge in [0, 0.05) is 30.2 Å². The van der Waals surface area contributed by atoms with Crippen molar-refractivity contribution in [2.75, 3.05) is 24.6 Å². The van der Waals surface area contributed by atoms with E-state index in [2.05, 4.69) is 0 Å². The average molecular weight is 306 g/mol. The molecule has 0 spiro atoms. The summed E-state index contributed by atoms with van der Waals surface area (Å²) in [5.41, 5.74) is 0.406. The van der Waals surface area contributed by atoms with Gasteiger partial charge in [-0.15, -0.1) is 0 Å². The topological polar surface area (TPSA) is 57.6 Å². The number of rotatable bonds is 2. The van der Waals surface area contributed by atoms with Crippen LogP contribution in [0.25, 0.3) is 0 Å². The largest absolute Gasteiger partial charge is 0.337 e. The van der Waals surface area contributed by atoms with Crippen LogP contribution in [-0.4, -0.2) is 44.2 Å². The van der Waals surface area contributed by atoms with Crippen molar-refractivity contribution in [1.29, 1.82) is 0 Å². The molecule has 1 fully saturated rings. The molecule has 98 valence electrons. The third kappa shape index (κ3) is 3.06. The van der Waals surface area contributed by atoms with Gasteiger partial charge in [0.1, 0.15) is 0 Å². The number of nitrogens with zero attached hydrogens (tertiary/aromatic N) is 1. The lowest BCUT2D eigenvalue weighted by Crippen LogP contribution is -2.37. The van der Waals surface area contributed by atoms with Crippen molar-refractivity contribution in [3.8, 4) is 0 Å². The molecule has 1 amide bonds. The summed E-state index contributed by atoms with van der Waals surface area (Å²) in [6.07, 6.45) is 0. The zero-order valence-corrected chi connectivity index (χ0v) is 11.9. The van der Waals surface area contributed by atoms with E-state index in [-0.39, 0.29) is 15.8 Å². The van der Waals surface area contributed by atoms with Gasteiger partial charge in [-0.3, -0.25) is 4.79 Å². The van der Waals surface area contributed by atoms with Crippen molar-refractivity contribution in [2.45, 2.75) is 4.90 Å². The third-order valence-electron chi connectivity index (χ3n) is 2.66. The van der Waals surface area contributed by atoms with E-state index in [4.69, 9.17) is 16.2 Å². The average Bonchev–Trinajstić information content (AvgIpc) is 2.39.